The van der Waals surface area contributed by atoms with Crippen LogP contribution in [0.3, 0.4) is 0 Å². The Balaban J connectivity index is 2.00. The Kier molecular flexibility index (Phi) is 4.64. The van der Waals surface area contributed by atoms with Gasteiger partial charge < -0.3 is 4.74 Å². The summed E-state index contributed by atoms with van der Waals surface area (Å²) < 4.78 is 31.2. The Morgan fingerprint density at radius 1 is 1.48 bits per heavy atom. The van der Waals surface area contributed by atoms with Crippen LogP contribution < -0.4 is 4.72 Å². The van der Waals surface area contributed by atoms with Crippen molar-refractivity contribution in [3.8, 4) is 0 Å². The van der Waals surface area contributed by atoms with Crippen molar-refractivity contribution < 1.29 is 22.7 Å². The van der Waals surface area contributed by atoms with Gasteiger partial charge in [0.25, 0.3) is 0 Å². The number of esters is 1. The molecule has 0 atom stereocenters. The maximum atomic E-state index is 11.8. The van der Waals surface area contributed by atoms with Crippen LogP contribution in [-0.4, -0.2) is 37.8 Å². The van der Waals surface area contributed by atoms with Crippen LogP contribution in [0.2, 0.25) is 0 Å². The maximum Gasteiger partial charge on any atom is 0.348 e. The standard InChI is InChI=1S/C12H16N2O5S2/c1-8(2)7-19-12(16)10-4-3-9(20-10)5-14-6-11(15)13-21(14,17)18/h3-4,8H,5-7H2,1-2H3,(H,13,15). The van der Waals surface area contributed by atoms with Crippen LogP contribution in [0.1, 0.15) is 28.4 Å². The SMILES string of the molecule is CC(C)COC(=O)c1ccc(CN2CC(=O)NS2(=O)=O)s1. The predicted octanol–water partition coefficient (Wildman–Crippen LogP) is 0.738. The van der Waals surface area contributed by atoms with Crippen molar-refractivity contribution in [2.75, 3.05) is 13.2 Å². The van der Waals surface area contributed by atoms with Crippen molar-refractivity contribution in [2.24, 2.45) is 5.92 Å². The van der Waals surface area contributed by atoms with Gasteiger partial charge in [0.15, 0.2) is 0 Å². The predicted molar refractivity (Wildman–Crippen MR) is 76.9 cm³/mol. The number of hydrogen-bond donors (Lipinski definition) is 1. The molecular formula is C12H16N2O5S2. The van der Waals surface area contributed by atoms with Crippen LogP contribution in [0, 0.1) is 5.92 Å². The number of nitrogens with zero attached hydrogens (tertiary/aromatic N) is 1. The molecule has 1 N–H and O–H groups in total. The first kappa shape index (κ1) is 15.9. The third-order valence-electron chi connectivity index (χ3n) is 2.65. The van der Waals surface area contributed by atoms with Gasteiger partial charge in [0.1, 0.15) is 4.88 Å². The van der Waals surface area contributed by atoms with E-state index in [1.807, 2.05) is 18.6 Å². The molecular weight excluding hydrogens is 316 g/mol. The Hall–Kier alpha value is -1.45. The Morgan fingerprint density at radius 2 is 2.19 bits per heavy atom. The van der Waals surface area contributed by atoms with Gasteiger partial charge in [-0.2, -0.15) is 12.7 Å². The minimum absolute atomic E-state index is 0.0587. The number of ether oxygens (including phenoxy) is 1. The van der Waals surface area contributed by atoms with E-state index >= 15 is 0 Å². The first-order chi connectivity index (χ1) is 9.78. The fourth-order valence-corrected chi connectivity index (χ4v) is 3.76. The molecule has 1 saturated heterocycles. The van der Waals surface area contributed by atoms with E-state index in [0.29, 0.717) is 16.4 Å². The van der Waals surface area contributed by atoms with Gasteiger partial charge in [-0.05, 0) is 18.1 Å². The van der Waals surface area contributed by atoms with Gasteiger partial charge in [0, 0.05) is 4.88 Å². The van der Waals surface area contributed by atoms with Gasteiger partial charge in [-0.15, -0.1) is 11.3 Å². The second-order valence-corrected chi connectivity index (χ2v) is 7.90. The zero-order valence-corrected chi connectivity index (χ0v) is 13.3. The largest absolute Gasteiger partial charge is 0.461 e. The molecule has 0 saturated carbocycles. The van der Waals surface area contributed by atoms with Crippen molar-refractivity contribution in [3.63, 3.8) is 0 Å². The molecule has 0 unspecified atom stereocenters. The summed E-state index contributed by atoms with van der Waals surface area (Å²) in [5, 5.41) is 0. The minimum atomic E-state index is -3.74. The van der Waals surface area contributed by atoms with Crippen molar-refractivity contribution in [2.45, 2.75) is 20.4 Å². The third kappa shape index (κ3) is 4.02. The number of carbonyl (C=O) groups excluding carboxylic acids is 2. The number of carbonyl (C=O) groups is 2. The average molecular weight is 332 g/mol. The molecule has 0 aromatic carbocycles. The van der Waals surface area contributed by atoms with E-state index in [2.05, 4.69) is 0 Å². The molecule has 1 aliphatic rings. The molecule has 7 nitrogen and oxygen atoms in total. The highest BCUT2D eigenvalue weighted by molar-refractivity contribution is 7.88. The summed E-state index contributed by atoms with van der Waals surface area (Å²) in [6.45, 7) is 4.08. The molecule has 1 fully saturated rings. The molecule has 1 aliphatic heterocycles. The summed E-state index contributed by atoms with van der Waals surface area (Å²) in [6, 6.07) is 3.26. The number of nitrogens with one attached hydrogen (secondary N) is 1. The molecule has 1 aromatic rings. The van der Waals surface area contributed by atoms with Crippen LogP contribution in [0.5, 0.6) is 0 Å². The molecule has 0 spiro atoms. The highest BCUT2D eigenvalue weighted by Gasteiger charge is 2.34. The Morgan fingerprint density at radius 3 is 2.76 bits per heavy atom. The van der Waals surface area contributed by atoms with E-state index in [1.54, 1.807) is 12.1 Å². The van der Waals surface area contributed by atoms with Gasteiger partial charge >= 0.3 is 16.2 Å². The second-order valence-electron chi connectivity index (χ2n) is 5.06. The zero-order valence-electron chi connectivity index (χ0n) is 11.7. The number of rotatable bonds is 5. The molecule has 0 radical (unpaired) electrons. The molecule has 116 valence electrons. The first-order valence-corrected chi connectivity index (χ1v) is 8.60. The quantitative estimate of drug-likeness (QED) is 0.803. The smallest absolute Gasteiger partial charge is 0.348 e. The fraction of sp³-hybridized carbons (Fsp3) is 0.500. The normalized spacial score (nSPS) is 18.0. The minimum Gasteiger partial charge on any atom is -0.461 e. The van der Waals surface area contributed by atoms with Crippen molar-refractivity contribution in [1.29, 1.82) is 0 Å². The summed E-state index contributed by atoms with van der Waals surface area (Å²) in [5.74, 6) is -0.721. The van der Waals surface area contributed by atoms with E-state index in [4.69, 9.17) is 4.74 Å². The van der Waals surface area contributed by atoms with Crippen molar-refractivity contribution >= 4 is 33.4 Å². The molecule has 1 aromatic heterocycles. The van der Waals surface area contributed by atoms with Crippen LogP contribution in [0.25, 0.3) is 0 Å². The molecule has 2 heterocycles. The summed E-state index contributed by atoms with van der Waals surface area (Å²) >= 11 is 1.16. The van der Waals surface area contributed by atoms with Crippen molar-refractivity contribution in [3.05, 3.63) is 21.9 Å². The van der Waals surface area contributed by atoms with Crippen LogP contribution in [0.15, 0.2) is 12.1 Å². The van der Waals surface area contributed by atoms with Crippen LogP contribution in [-0.2, 0) is 26.3 Å². The van der Waals surface area contributed by atoms with Gasteiger partial charge in [-0.1, -0.05) is 13.8 Å². The highest BCUT2D eigenvalue weighted by Crippen LogP contribution is 2.21. The van der Waals surface area contributed by atoms with E-state index in [0.717, 1.165) is 15.6 Å². The monoisotopic (exact) mass is 332 g/mol. The van der Waals surface area contributed by atoms with Crippen LogP contribution in [0.4, 0.5) is 0 Å². The molecule has 2 rings (SSSR count). The molecule has 0 aliphatic carbocycles. The lowest BCUT2D eigenvalue weighted by atomic mass is 10.2. The summed E-state index contributed by atoms with van der Waals surface area (Å²) in [7, 11) is -3.74. The maximum absolute atomic E-state index is 11.8. The molecule has 21 heavy (non-hydrogen) atoms. The lowest BCUT2D eigenvalue weighted by molar-refractivity contribution is -0.118. The third-order valence-corrected chi connectivity index (χ3v) is 5.12. The first-order valence-electron chi connectivity index (χ1n) is 6.34. The van der Waals surface area contributed by atoms with E-state index < -0.39 is 22.1 Å². The van der Waals surface area contributed by atoms with Gasteiger partial charge in [0.2, 0.25) is 5.91 Å². The van der Waals surface area contributed by atoms with E-state index in [9.17, 15) is 18.0 Å². The van der Waals surface area contributed by atoms with E-state index in [1.165, 1.54) is 0 Å². The number of hydrogen-bond acceptors (Lipinski definition) is 6. The van der Waals surface area contributed by atoms with E-state index in [-0.39, 0.29) is 19.0 Å². The van der Waals surface area contributed by atoms with Gasteiger partial charge in [-0.3, -0.25) is 4.79 Å². The van der Waals surface area contributed by atoms with Gasteiger partial charge in [-0.25, -0.2) is 9.52 Å². The van der Waals surface area contributed by atoms with Crippen molar-refractivity contribution in [1.82, 2.24) is 9.03 Å². The summed E-state index contributed by atoms with van der Waals surface area (Å²) in [4.78, 5) is 24.0. The number of thiophene rings is 1. The number of amides is 1. The molecule has 9 heteroatoms. The molecule has 1 amide bonds. The fourth-order valence-electron chi connectivity index (χ4n) is 1.69. The second kappa shape index (κ2) is 6.12. The summed E-state index contributed by atoms with van der Waals surface area (Å²) in [5.41, 5.74) is 0. The summed E-state index contributed by atoms with van der Waals surface area (Å²) in [6.07, 6.45) is 0. The van der Waals surface area contributed by atoms with Gasteiger partial charge in [0.05, 0.1) is 19.7 Å². The average Bonchev–Trinajstić information content (AvgIpc) is 2.92. The lowest BCUT2D eigenvalue weighted by Gasteiger charge is -2.10. The lowest BCUT2D eigenvalue weighted by Crippen LogP contribution is -2.28. The Bertz CT molecular complexity index is 650. The molecule has 0 bridgehead atoms. The van der Waals surface area contributed by atoms with Crippen LogP contribution >= 0.6 is 11.3 Å². The zero-order chi connectivity index (χ0) is 15.6. The topological polar surface area (TPSA) is 92.8 Å². The highest BCUT2D eigenvalue weighted by atomic mass is 32.2. The Labute approximate surface area is 127 Å².